The van der Waals surface area contributed by atoms with Gasteiger partial charge in [0.2, 0.25) is 6.79 Å². The Morgan fingerprint density at radius 1 is 1.23 bits per heavy atom. The SMILES string of the molecule is C[C@H](Cc1ccc2c(c1)OCO2)c1nccn1CC1(O)CCN(C)CC1. The second-order valence-corrected chi connectivity index (χ2v) is 7.73. The topological polar surface area (TPSA) is 59.8 Å². The fraction of sp³-hybridized carbons (Fsp3) is 0.550. The Balaban J connectivity index is 1.46. The molecular formula is C20H27N3O3. The van der Waals surface area contributed by atoms with Crippen LogP contribution in [0.15, 0.2) is 30.6 Å². The molecule has 2 aromatic rings. The number of piperidine rings is 1. The summed E-state index contributed by atoms with van der Waals surface area (Å²) in [5.74, 6) is 2.90. The number of ether oxygens (including phenoxy) is 2. The summed E-state index contributed by atoms with van der Waals surface area (Å²) in [5.41, 5.74) is 0.565. The summed E-state index contributed by atoms with van der Waals surface area (Å²) in [6.45, 7) is 4.97. The lowest BCUT2D eigenvalue weighted by Crippen LogP contribution is -2.45. The Bertz CT molecular complexity index is 765. The molecule has 2 aliphatic rings. The zero-order valence-electron chi connectivity index (χ0n) is 15.5. The molecule has 0 radical (unpaired) electrons. The molecule has 140 valence electrons. The van der Waals surface area contributed by atoms with E-state index >= 15 is 0 Å². The Morgan fingerprint density at radius 3 is 2.81 bits per heavy atom. The summed E-state index contributed by atoms with van der Waals surface area (Å²) in [7, 11) is 2.11. The molecule has 3 heterocycles. The normalized spacial score (nSPS) is 20.3. The molecule has 1 fully saturated rings. The molecule has 0 unspecified atom stereocenters. The summed E-state index contributed by atoms with van der Waals surface area (Å²) in [5, 5.41) is 11.0. The zero-order chi connectivity index (χ0) is 18.1. The lowest BCUT2D eigenvalue weighted by atomic mass is 9.91. The minimum Gasteiger partial charge on any atom is -0.454 e. The zero-order valence-corrected chi connectivity index (χ0v) is 15.5. The average molecular weight is 357 g/mol. The Morgan fingerprint density at radius 2 is 2.00 bits per heavy atom. The molecule has 0 spiro atoms. The van der Waals surface area contributed by atoms with Gasteiger partial charge in [0.1, 0.15) is 5.82 Å². The van der Waals surface area contributed by atoms with E-state index in [1.54, 1.807) is 0 Å². The first kappa shape index (κ1) is 17.4. The number of rotatable bonds is 5. The van der Waals surface area contributed by atoms with Crippen LogP contribution in [0.1, 0.15) is 37.1 Å². The van der Waals surface area contributed by atoms with Crippen LogP contribution < -0.4 is 9.47 Å². The first-order chi connectivity index (χ1) is 12.5. The molecule has 1 aromatic heterocycles. The van der Waals surface area contributed by atoms with Gasteiger partial charge >= 0.3 is 0 Å². The number of aliphatic hydroxyl groups is 1. The maximum absolute atomic E-state index is 11.0. The van der Waals surface area contributed by atoms with Gasteiger partial charge < -0.3 is 24.0 Å². The molecule has 4 rings (SSSR count). The first-order valence-electron chi connectivity index (χ1n) is 9.33. The highest BCUT2D eigenvalue weighted by molar-refractivity contribution is 5.44. The number of fused-ring (bicyclic) bond motifs is 1. The third kappa shape index (κ3) is 3.57. The van der Waals surface area contributed by atoms with Crippen molar-refractivity contribution >= 4 is 0 Å². The van der Waals surface area contributed by atoms with Crippen molar-refractivity contribution in [3.05, 3.63) is 42.0 Å². The molecule has 0 bridgehead atoms. The number of nitrogens with zero attached hydrogens (tertiary/aromatic N) is 3. The Labute approximate surface area is 154 Å². The largest absolute Gasteiger partial charge is 0.454 e. The number of hydrogen-bond acceptors (Lipinski definition) is 5. The van der Waals surface area contributed by atoms with Crippen molar-refractivity contribution in [2.45, 2.75) is 44.2 Å². The Kier molecular flexibility index (Phi) is 4.63. The maximum atomic E-state index is 11.0. The summed E-state index contributed by atoms with van der Waals surface area (Å²) in [6.07, 6.45) is 6.30. The molecule has 1 N–H and O–H groups in total. The lowest BCUT2D eigenvalue weighted by Gasteiger charge is -2.37. The van der Waals surface area contributed by atoms with Crippen LogP contribution in [-0.4, -0.2) is 52.1 Å². The van der Waals surface area contributed by atoms with E-state index in [2.05, 4.69) is 40.6 Å². The van der Waals surface area contributed by atoms with Crippen LogP contribution in [0.3, 0.4) is 0 Å². The third-order valence-corrected chi connectivity index (χ3v) is 5.55. The molecule has 26 heavy (non-hydrogen) atoms. The maximum Gasteiger partial charge on any atom is 0.231 e. The van der Waals surface area contributed by atoms with E-state index < -0.39 is 5.60 Å². The number of imidazole rings is 1. The fourth-order valence-corrected chi connectivity index (χ4v) is 3.91. The molecule has 6 nitrogen and oxygen atoms in total. The van der Waals surface area contributed by atoms with E-state index in [-0.39, 0.29) is 5.92 Å². The number of hydrogen-bond donors (Lipinski definition) is 1. The van der Waals surface area contributed by atoms with Crippen molar-refractivity contribution in [1.82, 2.24) is 14.5 Å². The minimum absolute atomic E-state index is 0.250. The van der Waals surface area contributed by atoms with Gasteiger partial charge in [-0.05, 0) is 44.0 Å². The quantitative estimate of drug-likeness (QED) is 0.890. The number of benzene rings is 1. The van der Waals surface area contributed by atoms with Gasteiger partial charge in [-0.2, -0.15) is 0 Å². The molecule has 1 saturated heterocycles. The van der Waals surface area contributed by atoms with Crippen molar-refractivity contribution in [3.8, 4) is 11.5 Å². The molecule has 0 aliphatic carbocycles. The second-order valence-electron chi connectivity index (χ2n) is 7.73. The molecule has 2 aliphatic heterocycles. The van der Waals surface area contributed by atoms with Gasteiger partial charge in [0, 0.05) is 31.4 Å². The summed E-state index contributed by atoms with van der Waals surface area (Å²) < 4.78 is 13.0. The lowest BCUT2D eigenvalue weighted by molar-refractivity contribution is -0.0297. The van der Waals surface area contributed by atoms with Crippen molar-refractivity contribution in [1.29, 1.82) is 0 Å². The summed E-state index contributed by atoms with van der Waals surface area (Å²) in [6, 6.07) is 6.11. The van der Waals surface area contributed by atoms with Crippen LogP contribution in [0.4, 0.5) is 0 Å². The fourth-order valence-electron chi connectivity index (χ4n) is 3.91. The Hall–Kier alpha value is -2.05. The summed E-state index contributed by atoms with van der Waals surface area (Å²) in [4.78, 5) is 6.85. The van der Waals surface area contributed by atoms with E-state index in [9.17, 15) is 5.11 Å². The van der Waals surface area contributed by atoms with E-state index in [1.807, 2.05) is 18.5 Å². The molecule has 1 atom stereocenters. The van der Waals surface area contributed by atoms with Gasteiger partial charge in [-0.25, -0.2) is 4.98 Å². The minimum atomic E-state index is -0.638. The van der Waals surface area contributed by atoms with E-state index in [4.69, 9.17) is 9.47 Å². The molecule has 0 amide bonds. The van der Waals surface area contributed by atoms with Crippen LogP contribution in [0.5, 0.6) is 11.5 Å². The standard InChI is InChI=1S/C20H27N3O3/c1-15(11-16-3-4-17-18(12-16)26-14-25-17)19-21-7-10-23(19)13-20(24)5-8-22(2)9-6-20/h3-4,7,10,12,15,24H,5-6,8-9,11,13-14H2,1-2H3/t15-/m1/s1. The van der Waals surface area contributed by atoms with Gasteiger partial charge in [-0.3, -0.25) is 0 Å². The third-order valence-electron chi connectivity index (χ3n) is 5.55. The second kappa shape index (κ2) is 6.93. The van der Waals surface area contributed by atoms with Crippen LogP contribution >= 0.6 is 0 Å². The number of likely N-dealkylation sites (tertiary alicyclic amines) is 1. The van der Waals surface area contributed by atoms with Crippen molar-refractivity contribution in [3.63, 3.8) is 0 Å². The van der Waals surface area contributed by atoms with E-state index in [0.29, 0.717) is 13.3 Å². The van der Waals surface area contributed by atoms with Crippen molar-refractivity contribution in [2.75, 3.05) is 26.9 Å². The van der Waals surface area contributed by atoms with E-state index in [0.717, 1.165) is 49.7 Å². The first-order valence-corrected chi connectivity index (χ1v) is 9.33. The molecule has 1 aromatic carbocycles. The highest BCUT2D eigenvalue weighted by Gasteiger charge is 2.32. The van der Waals surface area contributed by atoms with Gasteiger partial charge in [-0.1, -0.05) is 13.0 Å². The van der Waals surface area contributed by atoms with E-state index in [1.165, 1.54) is 5.56 Å². The molecule has 0 saturated carbocycles. The van der Waals surface area contributed by atoms with Crippen LogP contribution in [0.2, 0.25) is 0 Å². The number of aromatic nitrogens is 2. The van der Waals surface area contributed by atoms with Crippen molar-refractivity contribution in [2.24, 2.45) is 0 Å². The van der Waals surface area contributed by atoms with Gasteiger partial charge in [0.05, 0.1) is 12.1 Å². The average Bonchev–Trinajstić information content (AvgIpc) is 3.26. The van der Waals surface area contributed by atoms with Gasteiger partial charge in [0.15, 0.2) is 11.5 Å². The van der Waals surface area contributed by atoms with Crippen LogP contribution in [-0.2, 0) is 13.0 Å². The van der Waals surface area contributed by atoms with Crippen LogP contribution in [0, 0.1) is 0 Å². The smallest absolute Gasteiger partial charge is 0.231 e. The van der Waals surface area contributed by atoms with Crippen molar-refractivity contribution < 1.29 is 14.6 Å². The molecule has 6 heteroatoms. The molecular weight excluding hydrogens is 330 g/mol. The highest BCUT2D eigenvalue weighted by Crippen LogP contribution is 2.34. The predicted octanol–water partition coefficient (Wildman–Crippen LogP) is 2.41. The van der Waals surface area contributed by atoms with Crippen LogP contribution in [0.25, 0.3) is 0 Å². The van der Waals surface area contributed by atoms with Gasteiger partial charge in [0.25, 0.3) is 0 Å². The monoisotopic (exact) mass is 357 g/mol. The predicted molar refractivity (Wildman–Crippen MR) is 98.6 cm³/mol. The summed E-state index contributed by atoms with van der Waals surface area (Å²) >= 11 is 0. The van der Waals surface area contributed by atoms with Gasteiger partial charge in [-0.15, -0.1) is 0 Å². The highest BCUT2D eigenvalue weighted by atomic mass is 16.7.